The van der Waals surface area contributed by atoms with Gasteiger partial charge in [-0.25, -0.2) is 0 Å². The van der Waals surface area contributed by atoms with Gasteiger partial charge in [-0.2, -0.15) is 0 Å². The normalized spacial score (nSPS) is 18.7. The maximum absolute atomic E-state index is 12.2. The molecule has 1 amide bonds. The van der Waals surface area contributed by atoms with Crippen LogP contribution in [0.25, 0.3) is 5.69 Å². The van der Waals surface area contributed by atoms with E-state index in [1.54, 1.807) is 17.2 Å². The molecule has 3 rings (SSSR count). The zero-order valence-corrected chi connectivity index (χ0v) is 11.1. The Kier molecular flexibility index (Phi) is 3.73. The van der Waals surface area contributed by atoms with E-state index in [4.69, 9.17) is 0 Å². The third kappa shape index (κ3) is 2.85. The molecule has 1 atom stereocenters. The van der Waals surface area contributed by atoms with Gasteiger partial charge in [0.2, 0.25) is 5.91 Å². The summed E-state index contributed by atoms with van der Waals surface area (Å²) in [6.45, 7) is 1.77. The van der Waals surface area contributed by atoms with Crippen molar-refractivity contribution in [2.24, 2.45) is 5.92 Å². The predicted molar refractivity (Wildman–Crippen MR) is 75.6 cm³/mol. The minimum atomic E-state index is 0.0577. The van der Waals surface area contributed by atoms with Gasteiger partial charge in [-0.1, -0.05) is 6.07 Å². The van der Waals surface area contributed by atoms with Crippen LogP contribution in [0.3, 0.4) is 0 Å². The fraction of sp³-hybridized carbons (Fsp3) is 0.357. The monoisotopic (exact) mass is 271 g/mol. The van der Waals surface area contributed by atoms with Crippen molar-refractivity contribution in [1.29, 1.82) is 0 Å². The van der Waals surface area contributed by atoms with Crippen LogP contribution in [0.4, 0.5) is 5.69 Å². The molecule has 2 heterocycles. The average Bonchev–Trinajstić information content (AvgIpc) is 3.03. The van der Waals surface area contributed by atoms with Crippen molar-refractivity contribution in [1.82, 2.24) is 20.1 Å². The Balaban J connectivity index is 1.71. The molecule has 1 saturated heterocycles. The Hall–Kier alpha value is -2.21. The first-order chi connectivity index (χ1) is 9.83. The van der Waals surface area contributed by atoms with Crippen molar-refractivity contribution >= 4 is 11.6 Å². The van der Waals surface area contributed by atoms with E-state index in [0.717, 1.165) is 37.3 Å². The van der Waals surface area contributed by atoms with Crippen LogP contribution in [-0.2, 0) is 4.79 Å². The van der Waals surface area contributed by atoms with Crippen LogP contribution in [0, 0.1) is 5.92 Å². The SMILES string of the molecule is O=C(Nc1cccc(-n2cnnc2)c1)[C@@H]1CCCNC1. The van der Waals surface area contributed by atoms with E-state index >= 15 is 0 Å². The number of rotatable bonds is 3. The van der Waals surface area contributed by atoms with Gasteiger partial charge in [0.25, 0.3) is 0 Å². The maximum Gasteiger partial charge on any atom is 0.228 e. The molecule has 0 radical (unpaired) electrons. The topological polar surface area (TPSA) is 71.8 Å². The third-order valence-electron chi connectivity index (χ3n) is 3.50. The number of aromatic nitrogens is 3. The average molecular weight is 271 g/mol. The highest BCUT2D eigenvalue weighted by Crippen LogP contribution is 2.17. The zero-order chi connectivity index (χ0) is 13.8. The molecule has 1 fully saturated rings. The van der Waals surface area contributed by atoms with E-state index < -0.39 is 0 Å². The van der Waals surface area contributed by atoms with E-state index in [0.29, 0.717) is 0 Å². The molecule has 1 aliphatic heterocycles. The van der Waals surface area contributed by atoms with Crippen molar-refractivity contribution < 1.29 is 4.79 Å². The third-order valence-corrected chi connectivity index (χ3v) is 3.50. The summed E-state index contributed by atoms with van der Waals surface area (Å²) in [5.41, 5.74) is 1.72. The summed E-state index contributed by atoms with van der Waals surface area (Å²) in [5, 5.41) is 13.8. The molecule has 2 N–H and O–H groups in total. The summed E-state index contributed by atoms with van der Waals surface area (Å²) in [5.74, 6) is 0.139. The number of hydrogen-bond donors (Lipinski definition) is 2. The molecule has 104 valence electrons. The van der Waals surface area contributed by atoms with E-state index in [-0.39, 0.29) is 11.8 Å². The summed E-state index contributed by atoms with van der Waals surface area (Å²) >= 11 is 0. The second-order valence-electron chi connectivity index (χ2n) is 4.95. The number of benzene rings is 1. The first-order valence-corrected chi connectivity index (χ1v) is 6.79. The van der Waals surface area contributed by atoms with Gasteiger partial charge in [0.15, 0.2) is 0 Å². The molecule has 2 aromatic rings. The number of carbonyl (C=O) groups excluding carboxylic acids is 1. The van der Waals surface area contributed by atoms with Crippen LogP contribution in [0.5, 0.6) is 0 Å². The van der Waals surface area contributed by atoms with E-state index in [9.17, 15) is 4.79 Å². The number of nitrogens with one attached hydrogen (secondary N) is 2. The Morgan fingerprint density at radius 1 is 1.35 bits per heavy atom. The summed E-state index contributed by atoms with van der Waals surface area (Å²) in [4.78, 5) is 12.2. The molecule has 0 spiro atoms. The minimum absolute atomic E-state index is 0.0577. The lowest BCUT2D eigenvalue weighted by molar-refractivity contribution is -0.120. The van der Waals surface area contributed by atoms with Crippen LogP contribution in [0.1, 0.15) is 12.8 Å². The highest BCUT2D eigenvalue weighted by molar-refractivity contribution is 5.93. The van der Waals surface area contributed by atoms with E-state index in [1.165, 1.54) is 0 Å². The predicted octanol–water partition coefficient (Wildman–Crippen LogP) is 1.21. The fourth-order valence-corrected chi connectivity index (χ4v) is 2.40. The second kappa shape index (κ2) is 5.83. The minimum Gasteiger partial charge on any atom is -0.326 e. The highest BCUT2D eigenvalue weighted by atomic mass is 16.1. The first-order valence-electron chi connectivity index (χ1n) is 6.79. The van der Waals surface area contributed by atoms with Gasteiger partial charge in [-0.3, -0.25) is 9.36 Å². The van der Waals surface area contributed by atoms with Crippen LogP contribution in [-0.4, -0.2) is 33.8 Å². The summed E-state index contributed by atoms with van der Waals surface area (Å²) < 4.78 is 1.80. The molecular formula is C14H17N5O. The summed E-state index contributed by atoms with van der Waals surface area (Å²) in [6.07, 6.45) is 5.26. The Labute approximate surface area is 117 Å². The molecular weight excluding hydrogens is 254 g/mol. The molecule has 0 unspecified atom stereocenters. The van der Waals surface area contributed by atoms with Gasteiger partial charge in [0, 0.05) is 12.2 Å². The van der Waals surface area contributed by atoms with Crippen molar-refractivity contribution in [3.8, 4) is 5.69 Å². The number of nitrogens with zero attached hydrogens (tertiary/aromatic N) is 3. The van der Waals surface area contributed by atoms with Gasteiger partial charge in [0.1, 0.15) is 12.7 Å². The molecule has 6 heteroatoms. The Morgan fingerprint density at radius 2 is 2.20 bits per heavy atom. The fourth-order valence-electron chi connectivity index (χ4n) is 2.40. The van der Waals surface area contributed by atoms with Gasteiger partial charge in [-0.15, -0.1) is 10.2 Å². The van der Waals surface area contributed by atoms with E-state index in [2.05, 4.69) is 20.8 Å². The van der Waals surface area contributed by atoms with Crippen LogP contribution < -0.4 is 10.6 Å². The van der Waals surface area contributed by atoms with E-state index in [1.807, 2.05) is 24.3 Å². The molecule has 6 nitrogen and oxygen atoms in total. The van der Waals surface area contributed by atoms with Crippen molar-refractivity contribution in [2.75, 3.05) is 18.4 Å². The Bertz CT molecular complexity index is 575. The van der Waals surface area contributed by atoms with Crippen molar-refractivity contribution in [3.05, 3.63) is 36.9 Å². The maximum atomic E-state index is 12.2. The lowest BCUT2D eigenvalue weighted by atomic mass is 9.99. The lowest BCUT2D eigenvalue weighted by Crippen LogP contribution is -2.37. The van der Waals surface area contributed by atoms with Crippen LogP contribution >= 0.6 is 0 Å². The van der Waals surface area contributed by atoms with Crippen molar-refractivity contribution in [3.63, 3.8) is 0 Å². The lowest BCUT2D eigenvalue weighted by Gasteiger charge is -2.22. The molecule has 20 heavy (non-hydrogen) atoms. The summed E-state index contributed by atoms with van der Waals surface area (Å²) in [6, 6.07) is 7.66. The quantitative estimate of drug-likeness (QED) is 0.880. The second-order valence-corrected chi connectivity index (χ2v) is 4.95. The number of anilines is 1. The summed E-state index contributed by atoms with van der Waals surface area (Å²) in [7, 11) is 0. The molecule has 0 aliphatic carbocycles. The highest BCUT2D eigenvalue weighted by Gasteiger charge is 2.20. The van der Waals surface area contributed by atoms with Gasteiger partial charge >= 0.3 is 0 Å². The van der Waals surface area contributed by atoms with Gasteiger partial charge < -0.3 is 10.6 Å². The molecule has 1 aromatic heterocycles. The number of carbonyl (C=O) groups is 1. The Morgan fingerprint density at radius 3 is 2.95 bits per heavy atom. The molecule has 0 saturated carbocycles. The molecule has 0 bridgehead atoms. The van der Waals surface area contributed by atoms with Crippen LogP contribution in [0.15, 0.2) is 36.9 Å². The number of hydrogen-bond acceptors (Lipinski definition) is 4. The molecule has 1 aromatic carbocycles. The standard InChI is InChI=1S/C14H17N5O/c20-14(11-3-2-6-15-8-11)18-12-4-1-5-13(7-12)19-9-16-17-10-19/h1,4-5,7,9-11,15H,2-3,6,8H2,(H,18,20)/t11-/m1/s1. The number of piperidine rings is 1. The van der Waals surface area contributed by atoms with Crippen molar-refractivity contribution in [2.45, 2.75) is 12.8 Å². The molecule has 1 aliphatic rings. The first kappa shape index (κ1) is 12.8. The van der Waals surface area contributed by atoms with Gasteiger partial charge in [0.05, 0.1) is 11.6 Å². The largest absolute Gasteiger partial charge is 0.326 e. The smallest absolute Gasteiger partial charge is 0.228 e. The van der Waals surface area contributed by atoms with Gasteiger partial charge in [-0.05, 0) is 37.6 Å². The zero-order valence-electron chi connectivity index (χ0n) is 11.1. The number of amides is 1. The van der Waals surface area contributed by atoms with Crippen LogP contribution in [0.2, 0.25) is 0 Å².